The lowest BCUT2D eigenvalue weighted by molar-refractivity contribution is -0.124. The number of thiocarbonyl (C=S) groups is 1. The molecule has 0 N–H and O–H groups in total. The van der Waals surface area contributed by atoms with Gasteiger partial charge in [0.25, 0.3) is 5.91 Å². The summed E-state index contributed by atoms with van der Waals surface area (Å²) in [5.74, 6) is 0.773. The first-order valence-electron chi connectivity index (χ1n) is 9.77. The SMILES string of the molecule is COc1ccc(N2C(=S)N(C3CCCCC3)C(=O)/C2=C\c2ccccc2)cc1. The number of hydrogen-bond donors (Lipinski definition) is 0. The molecule has 0 bridgehead atoms. The summed E-state index contributed by atoms with van der Waals surface area (Å²) in [6.45, 7) is 0. The molecule has 0 atom stereocenters. The normalized spacial score (nSPS) is 19.5. The van der Waals surface area contributed by atoms with Crippen molar-refractivity contribution in [1.29, 1.82) is 0 Å². The highest BCUT2D eigenvalue weighted by atomic mass is 32.1. The summed E-state index contributed by atoms with van der Waals surface area (Å²) >= 11 is 5.82. The topological polar surface area (TPSA) is 32.8 Å². The fraction of sp³-hybridized carbons (Fsp3) is 0.304. The molecule has 2 aromatic rings. The molecule has 2 fully saturated rings. The van der Waals surface area contributed by atoms with Crippen molar-refractivity contribution in [2.24, 2.45) is 0 Å². The Labute approximate surface area is 171 Å². The van der Waals surface area contributed by atoms with Crippen molar-refractivity contribution >= 4 is 35.0 Å². The number of methoxy groups -OCH3 is 1. The Balaban J connectivity index is 1.75. The van der Waals surface area contributed by atoms with Crippen LogP contribution in [-0.2, 0) is 4.79 Å². The minimum absolute atomic E-state index is 0.00317. The van der Waals surface area contributed by atoms with Gasteiger partial charge in [0.15, 0.2) is 5.11 Å². The maximum Gasteiger partial charge on any atom is 0.277 e. The lowest BCUT2D eigenvalue weighted by Gasteiger charge is -2.30. The van der Waals surface area contributed by atoms with Crippen LogP contribution in [0.1, 0.15) is 37.7 Å². The fourth-order valence-corrected chi connectivity index (χ4v) is 4.43. The summed E-state index contributed by atoms with van der Waals surface area (Å²) < 4.78 is 5.28. The van der Waals surface area contributed by atoms with E-state index < -0.39 is 0 Å². The quantitative estimate of drug-likeness (QED) is 0.541. The fourth-order valence-electron chi connectivity index (χ4n) is 3.99. The van der Waals surface area contributed by atoms with Crippen LogP contribution in [-0.4, -0.2) is 29.1 Å². The molecule has 1 saturated heterocycles. The number of carbonyl (C=O) groups excluding carboxylic acids is 1. The van der Waals surface area contributed by atoms with E-state index in [0.29, 0.717) is 10.8 Å². The number of anilines is 1. The first-order valence-corrected chi connectivity index (χ1v) is 10.2. The number of amides is 1. The molecular formula is C23H24N2O2S. The smallest absolute Gasteiger partial charge is 0.277 e. The molecule has 0 radical (unpaired) electrons. The Bertz CT molecular complexity index is 887. The molecule has 1 aliphatic heterocycles. The summed E-state index contributed by atoms with van der Waals surface area (Å²) in [4.78, 5) is 17.2. The van der Waals surface area contributed by atoms with Crippen LogP contribution in [0.5, 0.6) is 5.75 Å². The molecule has 28 heavy (non-hydrogen) atoms. The van der Waals surface area contributed by atoms with Gasteiger partial charge >= 0.3 is 0 Å². The predicted molar refractivity (Wildman–Crippen MR) is 116 cm³/mol. The van der Waals surface area contributed by atoms with Crippen molar-refractivity contribution in [3.63, 3.8) is 0 Å². The van der Waals surface area contributed by atoms with E-state index in [1.807, 2.05) is 70.5 Å². The lowest BCUT2D eigenvalue weighted by Crippen LogP contribution is -2.42. The Hall–Kier alpha value is -2.66. The van der Waals surface area contributed by atoms with Gasteiger partial charge in [-0.2, -0.15) is 0 Å². The second-order valence-corrected chi connectivity index (χ2v) is 7.59. The third-order valence-corrected chi connectivity index (χ3v) is 5.83. The predicted octanol–water partition coefficient (Wildman–Crippen LogP) is 5.00. The number of benzene rings is 2. The van der Waals surface area contributed by atoms with Crippen molar-refractivity contribution in [1.82, 2.24) is 4.90 Å². The Morgan fingerprint density at radius 1 is 1.00 bits per heavy atom. The van der Waals surface area contributed by atoms with E-state index in [1.54, 1.807) is 7.11 Å². The minimum Gasteiger partial charge on any atom is -0.497 e. The maximum atomic E-state index is 13.4. The molecule has 2 aliphatic rings. The molecule has 0 aromatic heterocycles. The van der Waals surface area contributed by atoms with E-state index in [-0.39, 0.29) is 11.9 Å². The van der Waals surface area contributed by atoms with Crippen LogP contribution in [0.3, 0.4) is 0 Å². The summed E-state index contributed by atoms with van der Waals surface area (Å²) in [7, 11) is 1.64. The van der Waals surface area contributed by atoms with Crippen molar-refractivity contribution in [2.45, 2.75) is 38.1 Å². The molecule has 144 valence electrons. The van der Waals surface area contributed by atoms with Crippen molar-refractivity contribution in [3.05, 3.63) is 65.9 Å². The van der Waals surface area contributed by atoms with Gasteiger partial charge in [0.2, 0.25) is 0 Å². The van der Waals surface area contributed by atoms with Crippen molar-refractivity contribution in [3.8, 4) is 5.75 Å². The molecule has 1 saturated carbocycles. The molecule has 1 aliphatic carbocycles. The number of nitrogens with zero attached hydrogens (tertiary/aromatic N) is 2. The number of ether oxygens (including phenoxy) is 1. The standard InChI is InChI=1S/C23H24N2O2S/c1-27-20-14-12-19(13-15-20)24-21(16-17-8-4-2-5-9-17)22(26)25(23(24)28)18-10-6-3-7-11-18/h2,4-5,8-9,12-16,18H,3,6-7,10-11H2,1H3/b21-16+. The number of rotatable bonds is 4. The zero-order chi connectivity index (χ0) is 19.5. The van der Waals surface area contributed by atoms with Gasteiger partial charge < -0.3 is 4.74 Å². The lowest BCUT2D eigenvalue weighted by atomic mass is 9.94. The monoisotopic (exact) mass is 392 g/mol. The molecule has 0 unspecified atom stereocenters. The van der Waals surface area contributed by atoms with E-state index in [9.17, 15) is 4.79 Å². The van der Waals surface area contributed by atoms with Crippen molar-refractivity contribution < 1.29 is 9.53 Å². The molecule has 5 heteroatoms. The molecule has 0 spiro atoms. The highest BCUT2D eigenvalue weighted by Crippen LogP contribution is 2.35. The summed E-state index contributed by atoms with van der Waals surface area (Å²) in [6, 6.07) is 17.8. The molecule has 1 amide bonds. The van der Waals surface area contributed by atoms with E-state index in [0.717, 1.165) is 42.7 Å². The highest BCUT2D eigenvalue weighted by molar-refractivity contribution is 7.80. The number of hydrogen-bond acceptors (Lipinski definition) is 3. The van der Waals surface area contributed by atoms with Gasteiger partial charge in [0, 0.05) is 11.7 Å². The second-order valence-electron chi connectivity index (χ2n) is 7.22. The van der Waals surface area contributed by atoms with Gasteiger partial charge in [0.05, 0.1) is 7.11 Å². The largest absolute Gasteiger partial charge is 0.497 e. The zero-order valence-corrected chi connectivity index (χ0v) is 16.8. The van der Waals surface area contributed by atoms with Crippen molar-refractivity contribution in [2.75, 3.05) is 12.0 Å². The van der Waals surface area contributed by atoms with Gasteiger partial charge in [0.1, 0.15) is 11.4 Å². The summed E-state index contributed by atoms with van der Waals surface area (Å²) in [6.07, 6.45) is 7.50. The Morgan fingerprint density at radius 2 is 1.68 bits per heavy atom. The van der Waals surface area contributed by atoms with E-state index in [4.69, 9.17) is 17.0 Å². The van der Waals surface area contributed by atoms with Crippen LogP contribution in [0.25, 0.3) is 6.08 Å². The number of carbonyl (C=O) groups is 1. The van der Waals surface area contributed by atoms with Gasteiger partial charge in [-0.05, 0) is 61.0 Å². The van der Waals surface area contributed by atoms with E-state index in [1.165, 1.54) is 6.42 Å². The van der Waals surface area contributed by atoms with Gasteiger partial charge in [-0.15, -0.1) is 0 Å². The average Bonchev–Trinajstić information content (AvgIpc) is 2.99. The molecular weight excluding hydrogens is 368 g/mol. The first-order chi connectivity index (χ1) is 13.7. The van der Waals surface area contributed by atoms with Gasteiger partial charge in [-0.1, -0.05) is 49.6 Å². The average molecular weight is 393 g/mol. The molecule has 1 heterocycles. The van der Waals surface area contributed by atoms with Gasteiger partial charge in [-0.3, -0.25) is 14.6 Å². The Morgan fingerprint density at radius 3 is 2.32 bits per heavy atom. The third-order valence-electron chi connectivity index (χ3n) is 5.45. The summed E-state index contributed by atoms with van der Waals surface area (Å²) in [5.41, 5.74) is 2.46. The van der Waals surface area contributed by atoms with Gasteiger partial charge in [-0.25, -0.2) is 0 Å². The van der Waals surface area contributed by atoms with Crippen LogP contribution >= 0.6 is 12.2 Å². The van der Waals surface area contributed by atoms with Crippen LogP contribution in [0.4, 0.5) is 5.69 Å². The second kappa shape index (κ2) is 8.15. The molecule has 4 rings (SSSR count). The van der Waals surface area contributed by atoms with Crippen LogP contribution in [0.15, 0.2) is 60.3 Å². The highest BCUT2D eigenvalue weighted by Gasteiger charge is 2.42. The van der Waals surface area contributed by atoms with Crippen LogP contribution in [0.2, 0.25) is 0 Å². The van der Waals surface area contributed by atoms with E-state index in [2.05, 4.69) is 0 Å². The molecule has 2 aromatic carbocycles. The minimum atomic E-state index is -0.00317. The van der Waals surface area contributed by atoms with Crippen LogP contribution in [0, 0.1) is 0 Å². The summed E-state index contributed by atoms with van der Waals surface area (Å²) in [5, 5.41) is 0.573. The van der Waals surface area contributed by atoms with Crippen LogP contribution < -0.4 is 9.64 Å². The Kier molecular flexibility index (Phi) is 5.44. The molecule has 4 nitrogen and oxygen atoms in total. The van der Waals surface area contributed by atoms with E-state index >= 15 is 0 Å². The first kappa shape index (κ1) is 18.7. The maximum absolute atomic E-state index is 13.4. The third kappa shape index (κ3) is 3.54. The zero-order valence-electron chi connectivity index (χ0n) is 16.0.